The topological polar surface area (TPSA) is 76.7 Å². The number of rotatable bonds is 3. The largest absolute Gasteiger partial charge is 0.461 e. The highest BCUT2D eigenvalue weighted by molar-refractivity contribution is 6.07. The predicted molar refractivity (Wildman–Crippen MR) is 74.7 cm³/mol. The lowest BCUT2D eigenvalue weighted by molar-refractivity contribution is -0.138. The standard InChI is InChI=1S/C11H19N3O2.C2H6/c1-3-14-9-5-6-13-7-8(9)10(12)11(15)16-4-2;1-2/h13H,3-7,12H2,1-2H3;1-2H3/b10-8-,14-9?;. The van der Waals surface area contributed by atoms with E-state index >= 15 is 0 Å². The molecule has 1 aliphatic heterocycles. The minimum Gasteiger partial charge on any atom is -0.461 e. The zero-order valence-electron chi connectivity index (χ0n) is 11.9. The van der Waals surface area contributed by atoms with Gasteiger partial charge in [-0.25, -0.2) is 4.79 Å². The van der Waals surface area contributed by atoms with E-state index in [0.717, 1.165) is 24.3 Å². The van der Waals surface area contributed by atoms with Crippen molar-refractivity contribution in [3.05, 3.63) is 11.3 Å². The Morgan fingerprint density at radius 3 is 2.67 bits per heavy atom. The highest BCUT2D eigenvalue weighted by atomic mass is 16.5. The molecular formula is C13H25N3O2. The molecular weight excluding hydrogens is 230 g/mol. The first kappa shape index (κ1) is 16.6. The van der Waals surface area contributed by atoms with Crippen LogP contribution >= 0.6 is 0 Å². The van der Waals surface area contributed by atoms with Crippen LogP contribution in [0.5, 0.6) is 0 Å². The number of carbonyl (C=O) groups excluding carboxylic acids is 1. The average molecular weight is 255 g/mol. The maximum absolute atomic E-state index is 11.5. The summed E-state index contributed by atoms with van der Waals surface area (Å²) < 4.78 is 4.88. The minimum absolute atomic E-state index is 0.182. The smallest absolute Gasteiger partial charge is 0.354 e. The van der Waals surface area contributed by atoms with Gasteiger partial charge in [0.25, 0.3) is 0 Å². The Kier molecular flexibility index (Phi) is 8.92. The molecule has 0 atom stereocenters. The Balaban J connectivity index is 0.00000137. The van der Waals surface area contributed by atoms with Gasteiger partial charge in [-0.2, -0.15) is 0 Å². The highest BCUT2D eigenvalue weighted by Crippen LogP contribution is 2.10. The Hall–Kier alpha value is -1.36. The molecule has 0 spiro atoms. The fourth-order valence-corrected chi connectivity index (χ4v) is 1.62. The number of hydrogen-bond acceptors (Lipinski definition) is 5. The van der Waals surface area contributed by atoms with Crippen LogP contribution in [0, 0.1) is 0 Å². The molecule has 1 rings (SSSR count). The second-order valence-corrected chi connectivity index (χ2v) is 3.46. The van der Waals surface area contributed by atoms with Gasteiger partial charge in [0.1, 0.15) is 5.70 Å². The van der Waals surface area contributed by atoms with Crippen molar-refractivity contribution in [3.63, 3.8) is 0 Å². The molecule has 0 aliphatic carbocycles. The average Bonchev–Trinajstić information content (AvgIpc) is 2.41. The van der Waals surface area contributed by atoms with Gasteiger partial charge in [-0.15, -0.1) is 0 Å². The number of nitrogens with two attached hydrogens (primary N) is 1. The van der Waals surface area contributed by atoms with Gasteiger partial charge in [0.05, 0.1) is 6.61 Å². The summed E-state index contributed by atoms with van der Waals surface area (Å²) in [5.74, 6) is -0.454. The van der Waals surface area contributed by atoms with E-state index in [0.29, 0.717) is 19.7 Å². The van der Waals surface area contributed by atoms with Crippen molar-refractivity contribution in [1.82, 2.24) is 5.32 Å². The summed E-state index contributed by atoms with van der Waals surface area (Å²) in [6.07, 6.45) is 0.809. The molecule has 0 radical (unpaired) electrons. The molecule has 3 N–H and O–H groups in total. The fraction of sp³-hybridized carbons (Fsp3) is 0.692. The van der Waals surface area contributed by atoms with Gasteiger partial charge in [-0.1, -0.05) is 13.8 Å². The van der Waals surface area contributed by atoms with Crippen LogP contribution in [0.15, 0.2) is 16.3 Å². The molecule has 5 heteroatoms. The molecule has 0 bridgehead atoms. The third-order valence-corrected chi connectivity index (χ3v) is 2.36. The molecule has 18 heavy (non-hydrogen) atoms. The van der Waals surface area contributed by atoms with Crippen LogP contribution < -0.4 is 11.1 Å². The molecule has 0 unspecified atom stereocenters. The maximum atomic E-state index is 11.5. The Morgan fingerprint density at radius 1 is 1.44 bits per heavy atom. The van der Waals surface area contributed by atoms with Gasteiger partial charge in [0.15, 0.2) is 0 Å². The molecule has 1 saturated heterocycles. The number of carbonyl (C=O) groups is 1. The normalized spacial score (nSPS) is 19.9. The van der Waals surface area contributed by atoms with Crippen molar-refractivity contribution < 1.29 is 9.53 Å². The number of nitrogens with one attached hydrogen (secondary N) is 1. The number of aliphatic imine (C=N–C) groups is 1. The molecule has 0 aromatic carbocycles. The van der Waals surface area contributed by atoms with Gasteiger partial charge in [0.2, 0.25) is 0 Å². The summed E-state index contributed by atoms with van der Waals surface area (Å²) in [7, 11) is 0. The van der Waals surface area contributed by atoms with Crippen molar-refractivity contribution in [2.24, 2.45) is 10.7 Å². The van der Waals surface area contributed by atoms with Crippen molar-refractivity contribution in [2.75, 3.05) is 26.2 Å². The van der Waals surface area contributed by atoms with E-state index in [9.17, 15) is 4.79 Å². The monoisotopic (exact) mass is 255 g/mol. The van der Waals surface area contributed by atoms with E-state index in [4.69, 9.17) is 10.5 Å². The number of piperidine rings is 1. The number of hydrogen-bond donors (Lipinski definition) is 2. The molecule has 0 aromatic heterocycles. The SMILES string of the molecule is CC.CCN=C1CCNC/C1=C(/N)C(=O)OCC. The van der Waals surface area contributed by atoms with Crippen molar-refractivity contribution in [3.8, 4) is 0 Å². The van der Waals surface area contributed by atoms with Crippen LogP contribution in [0.4, 0.5) is 0 Å². The van der Waals surface area contributed by atoms with Gasteiger partial charge in [-0.05, 0) is 13.8 Å². The van der Waals surface area contributed by atoms with Crippen LogP contribution in [0.1, 0.15) is 34.1 Å². The Morgan fingerprint density at radius 2 is 2.11 bits per heavy atom. The van der Waals surface area contributed by atoms with Crippen LogP contribution in [0.2, 0.25) is 0 Å². The van der Waals surface area contributed by atoms with Crippen LogP contribution in [0.25, 0.3) is 0 Å². The lowest BCUT2D eigenvalue weighted by atomic mass is 10.0. The van der Waals surface area contributed by atoms with Gasteiger partial charge in [-0.3, -0.25) is 4.99 Å². The van der Waals surface area contributed by atoms with Crippen molar-refractivity contribution >= 4 is 11.7 Å². The summed E-state index contributed by atoms with van der Waals surface area (Å²) in [6.45, 7) is 10.2. The molecule has 0 amide bonds. The van der Waals surface area contributed by atoms with E-state index in [-0.39, 0.29) is 5.70 Å². The van der Waals surface area contributed by atoms with Crippen molar-refractivity contribution in [1.29, 1.82) is 0 Å². The molecule has 0 saturated carbocycles. The minimum atomic E-state index is -0.454. The number of ether oxygens (including phenoxy) is 1. The maximum Gasteiger partial charge on any atom is 0.354 e. The lowest BCUT2D eigenvalue weighted by Gasteiger charge is -2.20. The molecule has 1 aliphatic rings. The first-order chi connectivity index (χ1) is 8.70. The van der Waals surface area contributed by atoms with Crippen LogP contribution in [-0.2, 0) is 9.53 Å². The third-order valence-electron chi connectivity index (χ3n) is 2.36. The van der Waals surface area contributed by atoms with E-state index in [1.807, 2.05) is 20.8 Å². The van der Waals surface area contributed by atoms with Crippen LogP contribution in [-0.4, -0.2) is 37.9 Å². The van der Waals surface area contributed by atoms with E-state index in [1.54, 1.807) is 6.92 Å². The van der Waals surface area contributed by atoms with E-state index < -0.39 is 5.97 Å². The lowest BCUT2D eigenvalue weighted by Crippen LogP contribution is -2.34. The van der Waals surface area contributed by atoms with Crippen molar-refractivity contribution in [2.45, 2.75) is 34.1 Å². The first-order valence-electron chi connectivity index (χ1n) is 6.60. The molecule has 0 aromatic rings. The quantitative estimate of drug-likeness (QED) is 0.587. The first-order valence-corrected chi connectivity index (χ1v) is 6.60. The molecule has 1 heterocycles. The van der Waals surface area contributed by atoms with Crippen LogP contribution in [0.3, 0.4) is 0 Å². The predicted octanol–water partition coefficient (Wildman–Crippen LogP) is 1.24. The number of nitrogens with zero attached hydrogens (tertiary/aromatic N) is 1. The highest BCUT2D eigenvalue weighted by Gasteiger charge is 2.20. The Bertz CT molecular complexity index is 322. The summed E-state index contributed by atoms with van der Waals surface area (Å²) in [6, 6.07) is 0. The summed E-state index contributed by atoms with van der Waals surface area (Å²) >= 11 is 0. The van der Waals surface area contributed by atoms with E-state index in [1.165, 1.54) is 0 Å². The number of esters is 1. The molecule has 1 fully saturated rings. The van der Waals surface area contributed by atoms with E-state index in [2.05, 4.69) is 10.3 Å². The zero-order chi connectivity index (χ0) is 14.0. The summed E-state index contributed by atoms with van der Waals surface area (Å²) in [5.41, 5.74) is 7.67. The molecule has 5 nitrogen and oxygen atoms in total. The zero-order valence-corrected chi connectivity index (χ0v) is 11.9. The summed E-state index contributed by atoms with van der Waals surface area (Å²) in [4.78, 5) is 15.9. The molecule has 104 valence electrons. The second-order valence-electron chi connectivity index (χ2n) is 3.46. The Labute approximate surface area is 109 Å². The second kappa shape index (κ2) is 9.65. The fourth-order valence-electron chi connectivity index (χ4n) is 1.62. The van der Waals surface area contributed by atoms with Gasteiger partial charge < -0.3 is 15.8 Å². The third kappa shape index (κ3) is 4.87. The van der Waals surface area contributed by atoms with Gasteiger partial charge >= 0.3 is 5.97 Å². The summed E-state index contributed by atoms with van der Waals surface area (Å²) in [5, 5.41) is 3.17. The van der Waals surface area contributed by atoms with Gasteiger partial charge in [0, 0.05) is 37.3 Å².